The van der Waals surface area contributed by atoms with Gasteiger partial charge in [-0.3, -0.25) is 14.7 Å². The first kappa shape index (κ1) is 13.9. The summed E-state index contributed by atoms with van der Waals surface area (Å²) >= 11 is 0. The molecule has 0 saturated heterocycles. The minimum Gasteiger partial charge on any atom is -0.369 e. The van der Waals surface area contributed by atoms with Crippen LogP contribution in [0.3, 0.4) is 0 Å². The Morgan fingerprint density at radius 3 is 2.87 bits per heavy atom. The lowest BCUT2D eigenvalue weighted by atomic mass is 10.0. The lowest BCUT2D eigenvalue weighted by molar-refractivity contribution is 0.244. The quantitative estimate of drug-likeness (QED) is 0.748. The van der Waals surface area contributed by atoms with Crippen LogP contribution in [0.2, 0.25) is 0 Å². The highest BCUT2D eigenvalue weighted by Crippen LogP contribution is 2.21. The van der Waals surface area contributed by atoms with Crippen molar-refractivity contribution < 1.29 is 0 Å². The van der Waals surface area contributed by atoms with Crippen molar-refractivity contribution in [1.82, 2.24) is 19.9 Å². The Kier molecular flexibility index (Phi) is 3.31. The second kappa shape index (κ2) is 5.48. The molecule has 0 spiro atoms. The molecular formula is C17H17N5O. The Balaban J connectivity index is 1.66. The number of aromatic amines is 1. The van der Waals surface area contributed by atoms with Crippen LogP contribution in [0.25, 0.3) is 11.0 Å². The maximum absolute atomic E-state index is 12.0. The summed E-state index contributed by atoms with van der Waals surface area (Å²) < 4.78 is 0. The molecule has 3 N–H and O–H groups in total. The van der Waals surface area contributed by atoms with E-state index in [9.17, 15) is 4.79 Å². The van der Waals surface area contributed by atoms with Crippen LogP contribution in [0.15, 0.2) is 41.2 Å². The van der Waals surface area contributed by atoms with Gasteiger partial charge in [0.15, 0.2) is 5.65 Å². The van der Waals surface area contributed by atoms with Gasteiger partial charge in [0, 0.05) is 31.7 Å². The fraction of sp³-hybridized carbons (Fsp3) is 0.235. The molecule has 4 rings (SSSR count). The SMILES string of the molecule is Nc1nc2nc3c(cc2c(=O)[nH]1)CN(Cc1ccccc1)CC3. The Morgan fingerprint density at radius 2 is 2.04 bits per heavy atom. The maximum Gasteiger partial charge on any atom is 0.261 e. The van der Waals surface area contributed by atoms with Crippen molar-refractivity contribution in [3.05, 3.63) is 63.6 Å². The Bertz CT molecular complexity index is 919. The van der Waals surface area contributed by atoms with E-state index in [0.29, 0.717) is 11.0 Å². The topological polar surface area (TPSA) is 87.9 Å². The van der Waals surface area contributed by atoms with Gasteiger partial charge in [0.1, 0.15) is 0 Å². The molecule has 3 aromatic rings. The molecule has 6 heteroatoms. The van der Waals surface area contributed by atoms with E-state index in [1.165, 1.54) is 5.56 Å². The molecule has 0 aliphatic carbocycles. The predicted octanol–water partition coefficient (Wildman–Crippen LogP) is 1.46. The van der Waals surface area contributed by atoms with Gasteiger partial charge in [0.2, 0.25) is 5.95 Å². The standard InChI is InChI=1S/C17H17N5O/c18-17-20-15-13(16(23)21-17)8-12-10-22(7-6-14(12)19-15)9-11-4-2-1-3-5-11/h1-5,8H,6-7,9-10H2,(H3,18,19,20,21,23). The summed E-state index contributed by atoms with van der Waals surface area (Å²) in [6.45, 7) is 2.63. The molecule has 0 bridgehead atoms. The third kappa shape index (κ3) is 2.68. The minimum atomic E-state index is -0.233. The number of hydrogen-bond acceptors (Lipinski definition) is 5. The average molecular weight is 307 g/mol. The molecule has 3 heterocycles. The highest BCUT2D eigenvalue weighted by molar-refractivity contribution is 5.75. The Hall–Kier alpha value is -2.73. The third-order valence-electron chi connectivity index (χ3n) is 4.19. The molecule has 1 aliphatic heterocycles. The van der Waals surface area contributed by atoms with E-state index in [-0.39, 0.29) is 11.5 Å². The molecule has 23 heavy (non-hydrogen) atoms. The first-order chi connectivity index (χ1) is 11.2. The van der Waals surface area contributed by atoms with E-state index in [4.69, 9.17) is 5.73 Å². The van der Waals surface area contributed by atoms with Gasteiger partial charge >= 0.3 is 0 Å². The number of rotatable bonds is 2. The number of fused-ring (bicyclic) bond motifs is 2. The fourth-order valence-electron chi connectivity index (χ4n) is 3.07. The third-order valence-corrected chi connectivity index (χ3v) is 4.19. The monoisotopic (exact) mass is 307 g/mol. The molecule has 0 unspecified atom stereocenters. The molecule has 1 aromatic carbocycles. The van der Waals surface area contributed by atoms with Crippen molar-refractivity contribution >= 4 is 17.0 Å². The normalized spacial score (nSPS) is 14.8. The number of nitrogens with one attached hydrogen (secondary N) is 1. The van der Waals surface area contributed by atoms with E-state index >= 15 is 0 Å². The zero-order valence-electron chi connectivity index (χ0n) is 12.6. The molecular weight excluding hydrogens is 290 g/mol. The van der Waals surface area contributed by atoms with Gasteiger partial charge in [-0.15, -0.1) is 0 Å². The van der Waals surface area contributed by atoms with Crippen molar-refractivity contribution in [1.29, 1.82) is 0 Å². The lowest BCUT2D eigenvalue weighted by Crippen LogP contribution is -2.31. The zero-order chi connectivity index (χ0) is 15.8. The summed E-state index contributed by atoms with van der Waals surface area (Å²) in [7, 11) is 0. The van der Waals surface area contributed by atoms with Crippen LogP contribution in [0.4, 0.5) is 5.95 Å². The number of aromatic nitrogens is 3. The van der Waals surface area contributed by atoms with Crippen molar-refractivity contribution in [2.24, 2.45) is 0 Å². The van der Waals surface area contributed by atoms with Gasteiger partial charge in [-0.2, -0.15) is 4.98 Å². The van der Waals surface area contributed by atoms with Gasteiger partial charge in [0.05, 0.1) is 5.39 Å². The summed E-state index contributed by atoms with van der Waals surface area (Å²) in [6.07, 6.45) is 0.854. The van der Waals surface area contributed by atoms with Gasteiger partial charge in [-0.05, 0) is 17.2 Å². The van der Waals surface area contributed by atoms with Gasteiger partial charge in [0.25, 0.3) is 5.56 Å². The van der Waals surface area contributed by atoms with Crippen LogP contribution in [0, 0.1) is 0 Å². The van der Waals surface area contributed by atoms with E-state index < -0.39 is 0 Å². The molecule has 0 atom stereocenters. The van der Waals surface area contributed by atoms with Gasteiger partial charge in [-0.1, -0.05) is 30.3 Å². The Morgan fingerprint density at radius 1 is 1.22 bits per heavy atom. The number of hydrogen-bond donors (Lipinski definition) is 2. The van der Waals surface area contributed by atoms with E-state index in [1.54, 1.807) is 0 Å². The number of nitrogens with zero attached hydrogens (tertiary/aromatic N) is 3. The molecule has 116 valence electrons. The average Bonchev–Trinajstić information content (AvgIpc) is 2.54. The van der Waals surface area contributed by atoms with Crippen LogP contribution in [-0.2, 0) is 19.5 Å². The second-order valence-electron chi connectivity index (χ2n) is 5.86. The first-order valence-electron chi connectivity index (χ1n) is 7.63. The fourth-order valence-corrected chi connectivity index (χ4v) is 3.07. The molecule has 1 aliphatic rings. The number of nitrogen functional groups attached to an aromatic ring is 1. The number of benzene rings is 1. The lowest BCUT2D eigenvalue weighted by Gasteiger charge is -2.28. The van der Waals surface area contributed by atoms with Crippen molar-refractivity contribution in [3.63, 3.8) is 0 Å². The summed E-state index contributed by atoms with van der Waals surface area (Å²) in [6, 6.07) is 12.3. The largest absolute Gasteiger partial charge is 0.369 e. The molecule has 2 aromatic heterocycles. The summed E-state index contributed by atoms with van der Waals surface area (Å²) in [5.74, 6) is 0.108. The number of anilines is 1. The minimum absolute atomic E-state index is 0.108. The van der Waals surface area contributed by atoms with Crippen LogP contribution < -0.4 is 11.3 Å². The van der Waals surface area contributed by atoms with Gasteiger partial charge < -0.3 is 5.73 Å². The summed E-state index contributed by atoms with van der Waals surface area (Å²) in [5, 5.41) is 0.500. The van der Waals surface area contributed by atoms with Crippen LogP contribution in [0.5, 0.6) is 0 Å². The van der Waals surface area contributed by atoms with Crippen LogP contribution in [-0.4, -0.2) is 26.4 Å². The van der Waals surface area contributed by atoms with Crippen LogP contribution >= 0.6 is 0 Å². The molecule has 0 fully saturated rings. The highest BCUT2D eigenvalue weighted by Gasteiger charge is 2.19. The zero-order valence-corrected chi connectivity index (χ0v) is 12.6. The van der Waals surface area contributed by atoms with Gasteiger partial charge in [-0.25, -0.2) is 4.98 Å². The molecule has 0 radical (unpaired) electrons. The van der Waals surface area contributed by atoms with E-state index in [2.05, 4.69) is 44.1 Å². The van der Waals surface area contributed by atoms with Crippen molar-refractivity contribution in [2.45, 2.75) is 19.5 Å². The predicted molar refractivity (Wildman–Crippen MR) is 88.8 cm³/mol. The summed E-state index contributed by atoms with van der Waals surface area (Å²) in [4.78, 5) is 25.6. The van der Waals surface area contributed by atoms with Crippen LogP contribution in [0.1, 0.15) is 16.8 Å². The number of nitrogens with two attached hydrogens (primary N) is 1. The molecule has 0 saturated carbocycles. The molecule has 0 amide bonds. The summed E-state index contributed by atoms with van der Waals surface area (Å²) in [5.41, 5.74) is 9.19. The Labute approximate surface area is 133 Å². The number of H-pyrrole nitrogens is 1. The smallest absolute Gasteiger partial charge is 0.261 e. The van der Waals surface area contributed by atoms with E-state index in [0.717, 1.165) is 37.3 Å². The number of pyridine rings is 1. The molecule has 6 nitrogen and oxygen atoms in total. The van der Waals surface area contributed by atoms with Crippen molar-refractivity contribution in [3.8, 4) is 0 Å². The first-order valence-corrected chi connectivity index (χ1v) is 7.63. The van der Waals surface area contributed by atoms with Crippen molar-refractivity contribution in [2.75, 3.05) is 12.3 Å². The van der Waals surface area contributed by atoms with E-state index in [1.807, 2.05) is 12.1 Å². The second-order valence-corrected chi connectivity index (χ2v) is 5.86. The highest BCUT2D eigenvalue weighted by atomic mass is 16.1. The maximum atomic E-state index is 12.0.